The highest BCUT2D eigenvalue weighted by Gasteiger charge is 2.16. The number of hydrogen-bond acceptors (Lipinski definition) is 2. The first-order valence-electron chi connectivity index (χ1n) is 5.85. The molecule has 2 nitrogen and oxygen atoms in total. The fourth-order valence-corrected chi connectivity index (χ4v) is 2.34. The molecule has 2 rings (SSSR count). The maximum absolute atomic E-state index is 9.73. The fraction of sp³-hybridized carbons (Fsp3) is 0.538. The predicted octanol–water partition coefficient (Wildman–Crippen LogP) is 3.28. The summed E-state index contributed by atoms with van der Waals surface area (Å²) in [5.41, 5.74) is 0.932. The summed E-state index contributed by atoms with van der Waals surface area (Å²) in [5.74, 6) is 1.19. The lowest BCUT2D eigenvalue weighted by atomic mass is 9.99. The van der Waals surface area contributed by atoms with E-state index in [0.29, 0.717) is 10.8 Å². The fourth-order valence-electron chi connectivity index (χ4n) is 2.14. The molecule has 0 aromatic heterocycles. The molecule has 3 heteroatoms. The van der Waals surface area contributed by atoms with Gasteiger partial charge in [-0.3, -0.25) is 4.90 Å². The number of rotatable bonds is 2. The van der Waals surface area contributed by atoms with Gasteiger partial charge in [0.15, 0.2) is 0 Å². The Bertz CT molecular complexity index is 359. The van der Waals surface area contributed by atoms with Crippen LogP contribution in [0.4, 0.5) is 0 Å². The van der Waals surface area contributed by atoms with Crippen LogP contribution in [0, 0.1) is 5.92 Å². The zero-order valence-corrected chi connectivity index (χ0v) is 10.4. The van der Waals surface area contributed by atoms with Crippen LogP contribution in [-0.4, -0.2) is 23.1 Å². The minimum Gasteiger partial charge on any atom is -0.508 e. The van der Waals surface area contributed by atoms with Crippen molar-refractivity contribution >= 4 is 11.6 Å². The molecule has 88 valence electrons. The van der Waals surface area contributed by atoms with E-state index in [-0.39, 0.29) is 0 Å². The lowest BCUT2D eigenvalue weighted by Crippen LogP contribution is -2.32. The minimum atomic E-state index is 0.350. The van der Waals surface area contributed by atoms with Gasteiger partial charge in [0.25, 0.3) is 0 Å². The average molecular weight is 240 g/mol. The molecule has 0 atom stereocenters. The Morgan fingerprint density at radius 2 is 2.06 bits per heavy atom. The molecule has 1 fully saturated rings. The average Bonchev–Trinajstić information content (AvgIpc) is 2.27. The van der Waals surface area contributed by atoms with Gasteiger partial charge in [0.1, 0.15) is 5.75 Å². The van der Waals surface area contributed by atoms with Crippen LogP contribution in [0.2, 0.25) is 5.02 Å². The monoisotopic (exact) mass is 239 g/mol. The molecule has 0 radical (unpaired) electrons. The Morgan fingerprint density at radius 3 is 2.75 bits per heavy atom. The molecule has 16 heavy (non-hydrogen) atoms. The number of nitrogens with zero attached hydrogens (tertiary/aromatic N) is 1. The number of aromatic hydroxyl groups is 1. The highest BCUT2D eigenvalue weighted by molar-refractivity contribution is 6.30. The summed E-state index contributed by atoms with van der Waals surface area (Å²) >= 11 is 5.93. The summed E-state index contributed by atoms with van der Waals surface area (Å²) in [7, 11) is 0. The number of benzene rings is 1. The van der Waals surface area contributed by atoms with Crippen LogP contribution in [0.5, 0.6) is 5.75 Å². The molecule has 0 saturated carbocycles. The van der Waals surface area contributed by atoms with E-state index in [1.807, 2.05) is 6.07 Å². The van der Waals surface area contributed by atoms with Gasteiger partial charge in [-0.25, -0.2) is 0 Å². The Kier molecular flexibility index (Phi) is 3.72. The lowest BCUT2D eigenvalue weighted by molar-refractivity contribution is 0.183. The van der Waals surface area contributed by atoms with Crippen molar-refractivity contribution in [1.29, 1.82) is 0 Å². The van der Waals surface area contributed by atoms with E-state index in [1.165, 1.54) is 12.8 Å². The van der Waals surface area contributed by atoms with Gasteiger partial charge in [-0.15, -0.1) is 0 Å². The van der Waals surface area contributed by atoms with Crippen molar-refractivity contribution in [3.05, 3.63) is 28.8 Å². The molecule has 1 heterocycles. The second-order valence-electron chi connectivity index (χ2n) is 4.73. The normalized spacial score (nSPS) is 18.9. The molecule has 1 N–H and O–H groups in total. The van der Waals surface area contributed by atoms with Crippen molar-refractivity contribution < 1.29 is 5.11 Å². The van der Waals surface area contributed by atoms with Crippen LogP contribution in [0.25, 0.3) is 0 Å². The molecule has 0 amide bonds. The smallest absolute Gasteiger partial charge is 0.120 e. The second kappa shape index (κ2) is 5.07. The summed E-state index contributed by atoms with van der Waals surface area (Å²) in [6.07, 6.45) is 2.50. The van der Waals surface area contributed by atoms with E-state index in [4.69, 9.17) is 11.6 Å². The van der Waals surface area contributed by atoms with Crippen molar-refractivity contribution in [2.45, 2.75) is 26.3 Å². The van der Waals surface area contributed by atoms with Gasteiger partial charge in [-0.1, -0.05) is 18.5 Å². The van der Waals surface area contributed by atoms with Gasteiger partial charge in [0, 0.05) is 17.1 Å². The number of hydrogen-bond donors (Lipinski definition) is 1. The molecule has 1 aromatic carbocycles. The summed E-state index contributed by atoms with van der Waals surface area (Å²) in [4.78, 5) is 2.38. The molecule has 1 aromatic rings. The van der Waals surface area contributed by atoms with E-state index < -0.39 is 0 Å². The second-order valence-corrected chi connectivity index (χ2v) is 5.17. The van der Waals surface area contributed by atoms with Crippen LogP contribution in [0.15, 0.2) is 18.2 Å². The van der Waals surface area contributed by atoms with Crippen molar-refractivity contribution in [2.24, 2.45) is 5.92 Å². The number of phenolic OH excluding ortho intramolecular Hbond substituents is 1. The molecule has 1 aliphatic rings. The van der Waals surface area contributed by atoms with E-state index in [2.05, 4.69) is 11.8 Å². The van der Waals surface area contributed by atoms with Crippen LogP contribution >= 0.6 is 11.6 Å². The third kappa shape index (κ3) is 2.89. The standard InChI is InChI=1S/C13H18ClNO/c1-10-4-6-15(7-5-10)9-11-8-12(14)2-3-13(11)16/h2-3,8,10,16H,4-7,9H2,1H3. The van der Waals surface area contributed by atoms with Gasteiger partial charge in [0.05, 0.1) is 0 Å². The van der Waals surface area contributed by atoms with E-state index in [9.17, 15) is 5.11 Å². The first-order valence-corrected chi connectivity index (χ1v) is 6.22. The van der Waals surface area contributed by atoms with E-state index in [0.717, 1.165) is 31.1 Å². The summed E-state index contributed by atoms with van der Waals surface area (Å²) in [6, 6.07) is 5.25. The van der Waals surface area contributed by atoms with Crippen molar-refractivity contribution in [2.75, 3.05) is 13.1 Å². The van der Waals surface area contributed by atoms with Gasteiger partial charge in [0.2, 0.25) is 0 Å². The zero-order valence-electron chi connectivity index (χ0n) is 9.62. The zero-order chi connectivity index (χ0) is 11.5. The summed E-state index contributed by atoms with van der Waals surface area (Å²) in [5, 5.41) is 10.4. The van der Waals surface area contributed by atoms with Crippen molar-refractivity contribution in [1.82, 2.24) is 4.90 Å². The first-order chi connectivity index (χ1) is 7.65. The Balaban J connectivity index is 2.00. The van der Waals surface area contributed by atoms with Gasteiger partial charge < -0.3 is 5.11 Å². The van der Waals surface area contributed by atoms with Gasteiger partial charge in [-0.05, 0) is 50.0 Å². The lowest BCUT2D eigenvalue weighted by Gasteiger charge is -2.30. The van der Waals surface area contributed by atoms with Crippen molar-refractivity contribution in [3.8, 4) is 5.75 Å². The Labute approximate surface area is 102 Å². The highest BCUT2D eigenvalue weighted by atomic mass is 35.5. The molecular formula is C13H18ClNO. The van der Waals surface area contributed by atoms with Crippen LogP contribution in [0.3, 0.4) is 0 Å². The number of halogens is 1. The summed E-state index contributed by atoms with van der Waals surface area (Å²) < 4.78 is 0. The summed E-state index contributed by atoms with van der Waals surface area (Å²) in [6.45, 7) is 5.34. The molecule has 0 spiro atoms. The van der Waals surface area contributed by atoms with Crippen LogP contribution in [-0.2, 0) is 6.54 Å². The van der Waals surface area contributed by atoms with Gasteiger partial charge >= 0.3 is 0 Å². The molecule has 0 bridgehead atoms. The largest absolute Gasteiger partial charge is 0.508 e. The number of phenols is 1. The van der Waals surface area contributed by atoms with Crippen LogP contribution < -0.4 is 0 Å². The van der Waals surface area contributed by atoms with E-state index in [1.54, 1.807) is 12.1 Å². The predicted molar refractivity (Wildman–Crippen MR) is 66.8 cm³/mol. The Hall–Kier alpha value is -0.730. The number of likely N-dealkylation sites (tertiary alicyclic amines) is 1. The third-order valence-corrected chi connectivity index (χ3v) is 3.55. The number of piperidine rings is 1. The topological polar surface area (TPSA) is 23.5 Å². The maximum Gasteiger partial charge on any atom is 0.120 e. The SMILES string of the molecule is CC1CCN(Cc2cc(Cl)ccc2O)CC1. The minimum absolute atomic E-state index is 0.350. The van der Waals surface area contributed by atoms with Crippen molar-refractivity contribution in [3.63, 3.8) is 0 Å². The Morgan fingerprint density at radius 1 is 1.38 bits per heavy atom. The molecule has 1 saturated heterocycles. The quantitative estimate of drug-likeness (QED) is 0.856. The van der Waals surface area contributed by atoms with E-state index >= 15 is 0 Å². The first kappa shape index (κ1) is 11.7. The van der Waals surface area contributed by atoms with Crippen LogP contribution in [0.1, 0.15) is 25.3 Å². The molecule has 1 aliphatic heterocycles. The third-order valence-electron chi connectivity index (χ3n) is 3.31. The maximum atomic E-state index is 9.73. The highest BCUT2D eigenvalue weighted by Crippen LogP contribution is 2.25. The van der Waals surface area contributed by atoms with Gasteiger partial charge in [-0.2, -0.15) is 0 Å². The molecular weight excluding hydrogens is 222 g/mol. The molecule has 0 aliphatic carbocycles. The molecule has 0 unspecified atom stereocenters.